The van der Waals surface area contributed by atoms with E-state index < -0.39 is 0 Å². The molecule has 1 heterocycles. The molecule has 0 saturated heterocycles. The lowest BCUT2D eigenvalue weighted by Crippen LogP contribution is -2.30. The molecule has 1 aromatic rings. The maximum Gasteiger partial charge on any atom is 0.105 e. The zero-order valence-corrected chi connectivity index (χ0v) is 13.9. The average molecular weight is 338 g/mol. The van der Waals surface area contributed by atoms with Crippen molar-refractivity contribution < 1.29 is 0 Å². The van der Waals surface area contributed by atoms with Gasteiger partial charge in [-0.1, -0.05) is 36.6 Å². The van der Waals surface area contributed by atoms with Gasteiger partial charge in [0.1, 0.15) is 16.5 Å². The molecule has 21 heavy (non-hydrogen) atoms. The molecule has 1 saturated carbocycles. The van der Waals surface area contributed by atoms with Crippen molar-refractivity contribution in [3.63, 3.8) is 0 Å². The number of hydrogen-bond donors (Lipinski definition) is 2. The number of hydrogen-bond acceptors (Lipinski definition) is 5. The fraction of sp³-hybridized carbons (Fsp3) is 0.400. The van der Waals surface area contributed by atoms with Crippen LogP contribution in [0.15, 0.2) is 34.9 Å². The third kappa shape index (κ3) is 3.04. The van der Waals surface area contributed by atoms with E-state index in [2.05, 4.69) is 28.3 Å². The minimum atomic E-state index is -0.145. The van der Waals surface area contributed by atoms with E-state index in [4.69, 9.17) is 11.6 Å². The van der Waals surface area contributed by atoms with E-state index in [1.807, 2.05) is 24.3 Å². The molecule has 0 bridgehead atoms. The first-order valence-corrected chi connectivity index (χ1v) is 8.67. The van der Waals surface area contributed by atoms with Crippen LogP contribution in [0.2, 0.25) is 5.02 Å². The second kappa shape index (κ2) is 6.53. The van der Waals surface area contributed by atoms with E-state index in [-0.39, 0.29) is 5.37 Å². The molecule has 110 valence electrons. The fourth-order valence-corrected chi connectivity index (χ4v) is 4.74. The summed E-state index contributed by atoms with van der Waals surface area (Å²) in [7, 11) is 0. The maximum absolute atomic E-state index is 9.45. The van der Waals surface area contributed by atoms with Crippen molar-refractivity contribution in [3.05, 3.63) is 39.9 Å². The van der Waals surface area contributed by atoms with E-state index in [1.165, 1.54) is 25.7 Å². The van der Waals surface area contributed by atoms with E-state index in [0.717, 1.165) is 10.7 Å². The predicted molar refractivity (Wildman–Crippen MR) is 92.2 cm³/mol. The molecule has 1 unspecified atom stereocenters. The van der Waals surface area contributed by atoms with Crippen LogP contribution >= 0.6 is 36.2 Å². The minimum absolute atomic E-state index is 0.145. The van der Waals surface area contributed by atoms with Gasteiger partial charge in [-0.25, -0.2) is 4.31 Å². The van der Waals surface area contributed by atoms with Crippen molar-refractivity contribution in [1.29, 1.82) is 5.26 Å². The van der Waals surface area contributed by atoms with Gasteiger partial charge >= 0.3 is 0 Å². The van der Waals surface area contributed by atoms with Crippen molar-refractivity contribution in [2.45, 2.75) is 37.1 Å². The van der Waals surface area contributed by atoms with Crippen LogP contribution in [0.1, 0.15) is 25.7 Å². The number of nitriles is 1. The Balaban J connectivity index is 1.81. The summed E-state index contributed by atoms with van der Waals surface area (Å²) in [5.74, 6) is 0. The fourth-order valence-electron chi connectivity index (χ4n) is 2.77. The van der Waals surface area contributed by atoms with E-state index in [9.17, 15) is 5.26 Å². The number of benzene rings is 1. The second-order valence-corrected chi connectivity index (χ2v) is 7.13. The lowest BCUT2D eigenvalue weighted by atomic mass is 10.2. The van der Waals surface area contributed by atoms with Crippen LogP contribution in [-0.4, -0.2) is 15.7 Å². The Morgan fingerprint density at radius 3 is 2.71 bits per heavy atom. The van der Waals surface area contributed by atoms with Crippen LogP contribution < -0.4 is 5.32 Å². The highest BCUT2D eigenvalue weighted by Crippen LogP contribution is 2.44. The van der Waals surface area contributed by atoms with Crippen LogP contribution in [-0.2, 0) is 0 Å². The smallest absolute Gasteiger partial charge is 0.105 e. The minimum Gasteiger partial charge on any atom is -0.347 e. The van der Waals surface area contributed by atoms with Crippen molar-refractivity contribution in [2.24, 2.45) is 0 Å². The zero-order chi connectivity index (χ0) is 14.8. The van der Waals surface area contributed by atoms with Gasteiger partial charge in [0.05, 0.1) is 16.3 Å². The first kappa shape index (κ1) is 15.1. The van der Waals surface area contributed by atoms with Gasteiger partial charge in [0.15, 0.2) is 0 Å². The first-order chi connectivity index (χ1) is 10.2. The van der Waals surface area contributed by atoms with Crippen molar-refractivity contribution in [2.75, 3.05) is 5.32 Å². The van der Waals surface area contributed by atoms with Crippen molar-refractivity contribution >= 4 is 41.9 Å². The average Bonchev–Trinajstić information content (AvgIpc) is 3.09. The van der Waals surface area contributed by atoms with Crippen LogP contribution in [0.5, 0.6) is 0 Å². The summed E-state index contributed by atoms with van der Waals surface area (Å²) in [6, 6.07) is 10.4. The molecule has 1 aliphatic carbocycles. The summed E-state index contributed by atoms with van der Waals surface area (Å²) in [6.07, 6.45) is 4.89. The van der Waals surface area contributed by atoms with Crippen LogP contribution in [0.4, 0.5) is 5.69 Å². The molecule has 3 nitrogen and oxygen atoms in total. The molecular weight excluding hydrogens is 322 g/mol. The standard InChI is InChI=1S/C15H16ClN3S2/c16-12-7-3-4-8-13(12)18-14-11(9-17)15(20)19(21-14)10-5-1-2-6-10/h3-4,7-8,10,15,18,20H,1-2,5-6H2. The normalized spacial score (nSPS) is 23.6. The molecule has 1 N–H and O–H groups in total. The number of thiol groups is 1. The predicted octanol–water partition coefficient (Wildman–Crippen LogP) is 4.65. The number of halogens is 1. The quantitative estimate of drug-likeness (QED) is 0.622. The summed E-state index contributed by atoms with van der Waals surface area (Å²) >= 11 is 12.4. The maximum atomic E-state index is 9.45. The largest absolute Gasteiger partial charge is 0.347 e. The highest BCUT2D eigenvalue weighted by atomic mass is 35.5. The Morgan fingerprint density at radius 1 is 1.33 bits per heavy atom. The lowest BCUT2D eigenvalue weighted by molar-refractivity contribution is 0.372. The summed E-state index contributed by atoms with van der Waals surface area (Å²) in [4.78, 5) is 0. The van der Waals surface area contributed by atoms with Crippen molar-refractivity contribution in [3.8, 4) is 6.07 Å². The number of nitrogens with zero attached hydrogens (tertiary/aromatic N) is 2. The lowest BCUT2D eigenvalue weighted by Gasteiger charge is -2.26. The van der Waals surface area contributed by atoms with Gasteiger partial charge in [0, 0.05) is 6.04 Å². The monoisotopic (exact) mass is 337 g/mol. The van der Waals surface area contributed by atoms with Gasteiger partial charge in [0.25, 0.3) is 0 Å². The van der Waals surface area contributed by atoms with Gasteiger partial charge < -0.3 is 5.32 Å². The molecule has 3 rings (SSSR count). The molecule has 2 aliphatic rings. The SMILES string of the molecule is N#CC1=C(Nc2ccccc2Cl)SN(C2CCCC2)C1S. The summed E-state index contributed by atoms with van der Waals surface area (Å²) in [6.45, 7) is 0. The van der Waals surface area contributed by atoms with E-state index >= 15 is 0 Å². The Labute approximate surface area is 139 Å². The van der Waals surface area contributed by atoms with Gasteiger partial charge in [0.2, 0.25) is 0 Å². The van der Waals surface area contributed by atoms with Crippen LogP contribution in [0.3, 0.4) is 0 Å². The van der Waals surface area contributed by atoms with Gasteiger partial charge in [-0.05, 0) is 36.9 Å². The number of nitrogens with one attached hydrogen (secondary N) is 1. The number of anilines is 1. The highest BCUT2D eigenvalue weighted by molar-refractivity contribution is 8.02. The molecular formula is C15H16ClN3S2. The first-order valence-electron chi connectivity index (χ1n) is 7.01. The van der Waals surface area contributed by atoms with E-state index in [1.54, 1.807) is 11.9 Å². The summed E-state index contributed by atoms with van der Waals surface area (Å²) < 4.78 is 2.24. The third-order valence-corrected chi connectivity index (χ3v) is 6.08. The Morgan fingerprint density at radius 2 is 2.05 bits per heavy atom. The number of rotatable bonds is 3. The summed E-state index contributed by atoms with van der Waals surface area (Å²) in [5.41, 5.74) is 1.50. The third-order valence-electron chi connectivity index (χ3n) is 3.87. The topological polar surface area (TPSA) is 39.1 Å². The molecule has 1 fully saturated rings. The van der Waals surface area contributed by atoms with Crippen LogP contribution in [0, 0.1) is 11.3 Å². The molecule has 1 aliphatic heterocycles. The second-order valence-electron chi connectivity index (χ2n) is 5.22. The molecule has 0 spiro atoms. The van der Waals surface area contributed by atoms with Crippen LogP contribution in [0.25, 0.3) is 0 Å². The Kier molecular flexibility index (Phi) is 4.70. The highest BCUT2D eigenvalue weighted by Gasteiger charge is 2.37. The zero-order valence-electron chi connectivity index (χ0n) is 11.4. The van der Waals surface area contributed by atoms with E-state index in [0.29, 0.717) is 16.6 Å². The Bertz CT molecular complexity index is 605. The molecule has 0 aromatic heterocycles. The van der Waals surface area contributed by atoms with Crippen molar-refractivity contribution in [1.82, 2.24) is 4.31 Å². The Hall–Kier alpha value is -0.800. The molecule has 6 heteroatoms. The molecule has 1 atom stereocenters. The molecule has 0 radical (unpaired) electrons. The van der Waals surface area contributed by atoms with Gasteiger partial charge in [-0.15, -0.1) is 0 Å². The molecule has 0 amide bonds. The molecule has 1 aromatic carbocycles. The van der Waals surface area contributed by atoms with Gasteiger partial charge in [-0.2, -0.15) is 17.9 Å². The summed E-state index contributed by atoms with van der Waals surface area (Å²) in [5, 5.41) is 14.1. The number of para-hydroxylation sites is 1. The van der Waals surface area contributed by atoms with Gasteiger partial charge in [-0.3, -0.25) is 0 Å².